The zero-order chi connectivity index (χ0) is 16.7. The summed E-state index contributed by atoms with van der Waals surface area (Å²) in [5.41, 5.74) is 3.10. The van der Waals surface area contributed by atoms with E-state index in [1.165, 1.54) is 5.56 Å². The van der Waals surface area contributed by atoms with Crippen molar-refractivity contribution in [3.8, 4) is 5.75 Å². The Morgan fingerprint density at radius 2 is 2.29 bits per heavy atom. The minimum Gasteiger partial charge on any atom is -0.493 e. The zero-order valence-corrected chi connectivity index (χ0v) is 13.6. The van der Waals surface area contributed by atoms with E-state index in [4.69, 9.17) is 4.74 Å². The number of aromatic nitrogens is 2. The molecule has 0 radical (unpaired) electrons. The van der Waals surface area contributed by atoms with Crippen LogP contribution >= 0.6 is 0 Å². The molecule has 0 unspecified atom stereocenters. The van der Waals surface area contributed by atoms with Crippen LogP contribution < -0.4 is 10.1 Å². The number of ether oxygens (including phenoxy) is 1. The molecule has 3 N–H and O–H groups in total. The second-order valence-corrected chi connectivity index (χ2v) is 6.72. The van der Waals surface area contributed by atoms with Gasteiger partial charge in [0.1, 0.15) is 5.75 Å². The number of benzene rings is 1. The summed E-state index contributed by atoms with van der Waals surface area (Å²) in [6.07, 6.45) is 3.68. The van der Waals surface area contributed by atoms with Crippen molar-refractivity contribution in [2.24, 2.45) is 5.92 Å². The van der Waals surface area contributed by atoms with Crippen molar-refractivity contribution in [2.75, 3.05) is 6.61 Å². The molecular formula is C18H21N3O3. The maximum atomic E-state index is 12.5. The minimum absolute atomic E-state index is 0.128. The van der Waals surface area contributed by atoms with Gasteiger partial charge in [-0.2, -0.15) is 0 Å². The number of carbonyl (C=O) groups excluding carboxylic acids is 1. The van der Waals surface area contributed by atoms with E-state index in [2.05, 4.69) is 21.4 Å². The van der Waals surface area contributed by atoms with Gasteiger partial charge in [0.25, 0.3) is 5.91 Å². The predicted octanol–water partition coefficient (Wildman–Crippen LogP) is 1.90. The van der Waals surface area contributed by atoms with Gasteiger partial charge in [-0.25, -0.2) is 4.98 Å². The van der Waals surface area contributed by atoms with E-state index in [0.29, 0.717) is 25.3 Å². The van der Waals surface area contributed by atoms with Gasteiger partial charge in [0.05, 0.1) is 18.8 Å². The number of carbonyl (C=O) groups is 1. The predicted molar refractivity (Wildman–Crippen MR) is 87.9 cm³/mol. The van der Waals surface area contributed by atoms with Gasteiger partial charge in [-0.15, -0.1) is 0 Å². The number of fused-ring (bicyclic) bond motifs is 1. The average molecular weight is 327 g/mol. The Bertz CT molecular complexity index is 765. The summed E-state index contributed by atoms with van der Waals surface area (Å²) in [6.45, 7) is 2.58. The number of aliphatic hydroxyl groups is 1. The monoisotopic (exact) mass is 327 g/mol. The smallest absolute Gasteiger partial charge is 0.287 e. The highest BCUT2D eigenvalue weighted by Gasteiger charge is 2.36. The molecule has 6 nitrogen and oxygen atoms in total. The summed E-state index contributed by atoms with van der Waals surface area (Å²) < 4.78 is 5.56. The minimum atomic E-state index is -0.266. The lowest BCUT2D eigenvalue weighted by molar-refractivity contribution is 0.0234. The number of imidazole rings is 1. The first-order chi connectivity index (χ1) is 11.6. The summed E-state index contributed by atoms with van der Waals surface area (Å²) >= 11 is 0. The highest BCUT2D eigenvalue weighted by atomic mass is 16.5. The van der Waals surface area contributed by atoms with Crippen molar-refractivity contribution >= 4 is 5.91 Å². The molecule has 1 aliphatic heterocycles. The first kappa shape index (κ1) is 15.2. The topological polar surface area (TPSA) is 87.2 Å². The lowest BCUT2D eigenvalue weighted by atomic mass is 9.75. The number of aryl methyl sites for hydroxylation is 1. The van der Waals surface area contributed by atoms with E-state index in [1.807, 2.05) is 19.1 Å². The number of nitrogens with zero attached hydrogens (tertiary/aromatic N) is 1. The molecule has 0 spiro atoms. The molecule has 2 aliphatic rings. The molecule has 0 bridgehead atoms. The first-order valence-electron chi connectivity index (χ1n) is 8.36. The molecule has 126 valence electrons. The Morgan fingerprint density at radius 1 is 1.46 bits per heavy atom. The van der Waals surface area contributed by atoms with E-state index in [9.17, 15) is 9.90 Å². The maximum absolute atomic E-state index is 12.5. The molecule has 1 aromatic carbocycles. The van der Waals surface area contributed by atoms with Gasteiger partial charge in [0.2, 0.25) is 0 Å². The van der Waals surface area contributed by atoms with Crippen LogP contribution in [0, 0.1) is 12.8 Å². The Balaban J connectivity index is 1.58. The van der Waals surface area contributed by atoms with E-state index in [-0.39, 0.29) is 24.0 Å². The number of aliphatic hydroxyl groups excluding tert-OH is 1. The van der Waals surface area contributed by atoms with Gasteiger partial charge in [-0.05, 0) is 48.9 Å². The van der Waals surface area contributed by atoms with Crippen LogP contribution in [0.1, 0.15) is 46.3 Å². The third kappa shape index (κ3) is 2.78. The summed E-state index contributed by atoms with van der Waals surface area (Å²) in [5.74, 6) is 1.27. The Kier molecular flexibility index (Phi) is 3.76. The molecule has 0 saturated heterocycles. The number of amides is 1. The number of aromatic amines is 1. The van der Waals surface area contributed by atoms with Crippen LogP contribution in [-0.2, 0) is 6.42 Å². The second kappa shape index (κ2) is 5.94. The van der Waals surface area contributed by atoms with Crippen LogP contribution in [-0.4, -0.2) is 33.7 Å². The van der Waals surface area contributed by atoms with Crippen LogP contribution in [0.2, 0.25) is 0 Å². The van der Waals surface area contributed by atoms with Gasteiger partial charge in [0, 0.05) is 18.3 Å². The third-order valence-electron chi connectivity index (χ3n) is 4.90. The van der Waals surface area contributed by atoms with Crippen molar-refractivity contribution in [1.82, 2.24) is 15.3 Å². The highest BCUT2D eigenvalue weighted by molar-refractivity contribution is 5.90. The Hall–Kier alpha value is -2.34. The van der Waals surface area contributed by atoms with Crippen LogP contribution in [0.25, 0.3) is 0 Å². The number of nitrogens with one attached hydrogen (secondary N) is 2. The molecule has 1 atom stereocenters. The fraction of sp³-hybridized carbons (Fsp3) is 0.444. The van der Waals surface area contributed by atoms with Gasteiger partial charge in [-0.3, -0.25) is 4.79 Å². The SMILES string of the molecule is Cc1cnc(C(=O)N[C@H](c2ccc3c(c2)CCO3)C2CC(O)C2)[nH]1. The second-order valence-electron chi connectivity index (χ2n) is 6.72. The number of hydrogen-bond acceptors (Lipinski definition) is 4. The maximum Gasteiger partial charge on any atom is 0.287 e. The Labute approximate surface area is 140 Å². The first-order valence-corrected chi connectivity index (χ1v) is 8.36. The molecule has 24 heavy (non-hydrogen) atoms. The van der Waals surface area contributed by atoms with Crippen molar-refractivity contribution in [1.29, 1.82) is 0 Å². The largest absolute Gasteiger partial charge is 0.493 e. The van der Waals surface area contributed by atoms with Gasteiger partial charge < -0.3 is 20.1 Å². The summed E-state index contributed by atoms with van der Waals surface area (Å²) in [5, 5.41) is 12.8. The van der Waals surface area contributed by atoms with Crippen LogP contribution in [0.5, 0.6) is 5.75 Å². The molecule has 6 heteroatoms. The Morgan fingerprint density at radius 3 is 3.00 bits per heavy atom. The summed E-state index contributed by atoms with van der Waals surface area (Å²) in [6, 6.07) is 5.97. The lowest BCUT2D eigenvalue weighted by Gasteiger charge is -2.38. The standard InChI is InChI=1S/C18H21N3O3/c1-10-9-19-17(20-10)18(23)21-16(13-7-14(22)8-13)12-2-3-15-11(6-12)4-5-24-15/h2-3,6,9,13-14,16,22H,4-5,7-8H2,1H3,(H,19,20)(H,21,23)/t13?,14?,16-/m1/s1. The molecule has 2 heterocycles. The molecule has 1 aromatic heterocycles. The van der Waals surface area contributed by atoms with Crippen LogP contribution in [0.4, 0.5) is 0 Å². The third-order valence-corrected chi connectivity index (χ3v) is 4.90. The molecule has 4 rings (SSSR count). The molecule has 1 saturated carbocycles. The highest BCUT2D eigenvalue weighted by Crippen LogP contribution is 2.39. The van der Waals surface area contributed by atoms with E-state index < -0.39 is 0 Å². The van der Waals surface area contributed by atoms with Crippen molar-refractivity contribution in [3.63, 3.8) is 0 Å². The summed E-state index contributed by atoms with van der Waals surface area (Å²) in [4.78, 5) is 19.6. The average Bonchev–Trinajstić information content (AvgIpc) is 3.17. The fourth-order valence-corrected chi connectivity index (χ4v) is 3.51. The molecule has 1 amide bonds. The molecule has 2 aromatic rings. The summed E-state index contributed by atoms with van der Waals surface area (Å²) in [7, 11) is 0. The van der Waals surface area contributed by atoms with Crippen molar-refractivity contribution in [2.45, 2.75) is 38.3 Å². The van der Waals surface area contributed by atoms with Gasteiger partial charge in [-0.1, -0.05) is 6.07 Å². The zero-order valence-electron chi connectivity index (χ0n) is 13.6. The van der Waals surface area contributed by atoms with Crippen molar-refractivity contribution < 1.29 is 14.6 Å². The van der Waals surface area contributed by atoms with Gasteiger partial charge in [0.15, 0.2) is 5.82 Å². The fourth-order valence-electron chi connectivity index (χ4n) is 3.51. The van der Waals surface area contributed by atoms with E-state index in [0.717, 1.165) is 23.4 Å². The molecule has 1 aliphatic carbocycles. The van der Waals surface area contributed by atoms with Crippen LogP contribution in [0.3, 0.4) is 0 Å². The quantitative estimate of drug-likeness (QED) is 0.800. The lowest BCUT2D eigenvalue weighted by Crippen LogP contribution is -2.41. The normalized spacial score (nSPS) is 23.1. The number of rotatable bonds is 4. The van der Waals surface area contributed by atoms with Crippen LogP contribution in [0.15, 0.2) is 24.4 Å². The van der Waals surface area contributed by atoms with Gasteiger partial charge >= 0.3 is 0 Å². The van der Waals surface area contributed by atoms with E-state index in [1.54, 1.807) is 6.20 Å². The molecular weight excluding hydrogens is 306 g/mol. The number of hydrogen-bond donors (Lipinski definition) is 3. The van der Waals surface area contributed by atoms with E-state index >= 15 is 0 Å². The molecule has 1 fully saturated rings. The number of H-pyrrole nitrogens is 1. The van der Waals surface area contributed by atoms with Crippen molar-refractivity contribution in [3.05, 3.63) is 47.0 Å².